The van der Waals surface area contributed by atoms with E-state index in [9.17, 15) is 13.2 Å². The first kappa shape index (κ1) is 14.4. The summed E-state index contributed by atoms with van der Waals surface area (Å²) in [5.41, 5.74) is 0.708. The van der Waals surface area contributed by atoms with Crippen molar-refractivity contribution in [2.75, 3.05) is 5.32 Å². The van der Waals surface area contributed by atoms with Crippen LogP contribution in [-0.2, 0) is 6.18 Å². The maximum Gasteiger partial charge on any atom is 0.416 e. The molecule has 0 aliphatic heterocycles. The quantitative estimate of drug-likeness (QED) is 0.827. The molecule has 0 radical (unpaired) electrons. The number of rotatable bonds is 2. The number of benzene rings is 2. The first-order valence-electron chi connectivity index (χ1n) is 5.54. The number of anilines is 2. The SMILES string of the molecule is N#Cc1ccc(Br)cc1Nc1ccc(C(F)(F)F)cc1. The molecule has 0 aliphatic carbocycles. The molecular formula is C14H8BrF3N2. The van der Waals surface area contributed by atoms with Crippen LogP contribution in [-0.4, -0.2) is 0 Å². The molecule has 0 aliphatic rings. The highest BCUT2D eigenvalue weighted by molar-refractivity contribution is 9.10. The van der Waals surface area contributed by atoms with Crippen LogP contribution < -0.4 is 5.32 Å². The average Bonchev–Trinajstić information content (AvgIpc) is 2.38. The number of hydrogen-bond acceptors (Lipinski definition) is 2. The summed E-state index contributed by atoms with van der Waals surface area (Å²) in [7, 11) is 0. The Morgan fingerprint density at radius 3 is 2.25 bits per heavy atom. The van der Waals surface area contributed by atoms with Crippen molar-refractivity contribution in [3.05, 3.63) is 58.1 Å². The van der Waals surface area contributed by atoms with Gasteiger partial charge in [0.25, 0.3) is 0 Å². The maximum atomic E-state index is 12.4. The fraction of sp³-hybridized carbons (Fsp3) is 0.0714. The van der Waals surface area contributed by atoms with Crippen LogP contribution in [0.5, 0.6) is 0 Å². The van der Waals surface area contributed by atoms with Crippen molar-refractivity contribution in [2.45, 2.75) is 6.18 Å². The number of alkyl halides is 3. The van der Waals surface area contributed by atoms with Crippen molar-refractivity contribution < 1.29 is 13.2 Å². The van der Waals surface area contributed by atoms with Crippen molar-refractivity contribution >= 4 is 27.3 Å². The normalized spacial score (nSPS) is 10.9. The Morgan fingerprint density at radius 2 is 1.70 bits per heavy atom. The Balaban J connectivity index is 2.27. The summed E-state index contributed by atoms with van der Waals surface area (Å²) in [5.74, 6) is 0. The zero-order chi connectivity index (χ0) is 14.8. The van der Waals surface area contributed by atoms with Crippen molar-refractivity contribution in [1.29, 1.82) is 5.26 Å². The van der Waals surface area contributed by atoms with E-state index in [1.54, 1.807) is 18.2 Å². The Kier molecular flexibility index (Phi) is 4.00. The predicted octanol–water partition coefficient (Wildman–Crippen LogP) is 5.08. The molecule has 0 heterocycles. The molecule has 0 aromatic heterocycles. The summed E-state index contributed by atoms with van der Waals surface area (Å²) < 4.78 is 38.1. The number of nitrogens with one attached hydrogen (secondary N) is 1. The van der Waals surface area contributed by atoms with E-state index in [0.717, 1.165) is 16.6 Å². The zero-order valence-electron chi connectivity index (χ0n) is 10.0. The lowest BCUT2D eigenvalue weighted by atomic mass is 10.1. The predicted molar refractivity (Wildman–Crippen MR) is 73.6 cm³/mol. The van der Waals surface area contributed by atoms with E-state index in [4.69, 9.17) is 5.26 Å². The minimum absolute atomic E-state index is 0.410. The van der Waals surface area contributed by atoms with Crippen LogP contribution in [0.25, 0.3) is 0 Å². The molecule has 6 heteroatoms. The van der Waals surface area contributed by atoms with Crippen LogP contribution in [0, 0.1) is 11.3 Å². The third kappa shape index (κ3) is 3.31. The van der Waals surface area contributed by atoms with E-state index in [0.29, 0.717) is 16.9 Å². The smallest absolute Gasteiger partial charge is 0.354 e. The van der Waals surface area contributed by atoms with Gasteiger partial charge in [-0.1, -0.05) is 15.9 Å². The average molecular weight is 341 g/mol. The Hall–Kier alpha value is -2.00. The van der Waals surface area contributed by atoms with Crippen LogP contribution >= 0.6 is 15.9 Å². The highest BCUT2D eigenvalue weighted by Crippen LogP contribution is 2.31. The first-order chi connectivity index (χ1) is 9.40. The molecule has 0 saturated heterocycles. The third-order valence-corrected chi connectivity index (χ3v) is 3.09. The van der Waals surface area contributed by atoms with Gasteiger partial charge in [-0.3, -0.25) is 0 Å². The van der Waals surface area contributed by atoms with Gasteiger partial charge in [0.2, 0.25) is 0 Å². The third-order valence-electron chi connectivity index (χ3n) is 2.59. The minimum Gasteiger partial charge on any atom is -0.354 e. The Morgan fingerprint density at radius 1 is 1.05 bits per heavy atom. The van der Waals surface area contributed by atoms with Gasteiger partial charge in [0.1, 0.15) is 6.07 Å². The van der Waals surface area contributed by atoms with E-state index < -0.39 is 11.7 Å². The van der Waals surface area contributed by atoms with Crippen LogP contribution in [0.2, 0.25) is 0 Å². The van der Waals surface area contributed by atoms with Gasteiger partial charge in [0, 0.05) is 10.2 Å². The number of hydrogen-bond donors (Lipinski definition) is 1. The zero-order valence-corrected chi connectivity index (χ0v) is 11.6. The second-order valence-corrected chi connectivity index (χ2v) is 4.92. The fourth-order valence-corrected chi connectivity index (χ4v) is 1.98. The van der Waals surface area contributed by atoms with Crippen LogP contribution in [0.3, 0.4) is 0 Å². The second kappa shape index (κ2) is 5.55. The molecule has 1 N–H and O–H groups in total. The van der Waals surface area contributed by atoms with Gasteiger partial charge in [-0.25, -0.2) is 0 Å². The van der Waals surface area contributed by atoms with Crippen LogP contribution in [0.15, 0.2) is 46.9 Å². The van der Waals surface area contributed by atoms with Crippen molar-refractivity contribution in [3.63, 3.8) is 0 Å². The molecule has 0 amide bonds. The molecule has 20 heavy (non-hydrogen) atoms. The van der Waals surface area contributed by atoms with Gasteiger partial charge in [-0.2, -0.15) is 18.4 Å². The molecule has 2 nitrogen and oxygen atoms in total. The molecule has 2 aromatic rings. The van der Waals surface area contributed by atoms with E-state index >= 15 is 0 Å². The number of nitriles is 1. The molecule has 0 spiro atoms. The summed E-state index contributed by atoms with van der Waals surface area (Å²) in [6.45, 7) is 0. The molecule has 0 saturated carbocycles. The standard InChI is InChI=1S/C14H8BrF3N2/c15-11-4-1-9(8-19)13(7-11)20-12-5-2-10(3-6-12)14(16,17)18/h1-7,20H. The molecule has 102 valence electrons. The van der Waals surface area contributed by atoms with Gasteiger partial charge in [-0.15, -0.1) is 0 Å². The minimum atomic E-state index is -4.36. The fourth-order valence-electron chi connectivity index (χ4n) is 1.62. The summed E-state index contributed by atoms with van der Waals surface area (Å²) in [6.07, 6.45) is -4.36. The summed E-state index contributed by atoms with van der Waals surface area (Å²) in [6, 6.07) is 11.7. The van der Waals surface area contributed by atoms with E-state index in [1.165, 1.54) is 12.1 Å². The number of nitrogens with zero attached hydrogens (tertiary/aromatic N) is 1. The highest BCUT2D eigenvalue weighted by Gasteiger charge is 2.29. The molecule has 2 rings (SSSR count). The second-order valence-electron chi connectivity index (χ2n) is 4.00. The van der Waals surface area contributed by atoms with Crippen molar-refractivity contribution in [2.24, 2.45) is 0 Å². The summed E-state index contributed by atoms with van der Waals surface area (Å²) in [5, 5.41) is 11.9. The van der Waals surface area contributed by atoms with Crippen LogP contribution in [0.4, 0.5) is 24.5 Å². The lowest BCUT2D eigenvalue weighted by Crippen LogP contribution is -2.04. The topological polar surface area (TPSA) is 35.8 Å². The molecule has 2 aromatic carbocycles. The molecule has 0 fully saturated rings. The van der Waals surface area contributed by atoms with E-state index in [2.05, 4.69) is 21.2 Å². The van der Waals surface area contributed by atoms with Gasteiger partial charge >= 0.3 is 6.18 Å². The van der Waals surface area contributed by atoms with Gasteiger partial charge in [0.05, 0.1) is 16.8 Å². The first-order valence-corrected chi connectivity index (χ1v) is 6.33. The monoisotopic (exact) mass is 340 g/mol. The molecular weight excluding hydrogens is 333 g/mol. The Labute approximate surface area is 122 Å². The van der Waals surface area contributed by atoms with Gasteiger partial charge in [-0.05, 0) is 42.5 Å². The lowest BCUT2D eigenvalue weighted by Gasteiger charge is -2.11. The van der Waals surface area contributed by atoms with Gasteiger partial charge < -0.3 is 5.32 Å². The number of halogens is 4. The summed E-state index contributed by atoms with van der Waals surface area (Å²) >= 11 is 3.28. The lowest BCUT2D eigenvalue weighted by molar-refractivity contribution is -0.137. The largest absolute Gasteiger partial charge is 0.416 e. The van der Waals surface area contributed by atoms with E-state index in [1.807, 2.05) is 6.07 Å². The van der Waals surface area contributed by atoms with Crippen molar-refractivity contribution in [3.8, 4) is 6.07 Å². The van der Waals surface area contributed by atoms with Crippen LogP contribution in [0.1, 0.15) is 11.1 Å². The van der Waals surface area contributed by atoms with Crippen molar-refractivity contribution in [1.82, 2.24) is 0 Å². The maximum absolute atomic E-state index is 12.4. The highest BCUT2D eigenvalue weighted by atomic mass is 79.9. The van der Waals surface area contributed by atoms with Gasteiger partial charge in [0.15, 0.2) is 0 Å². The summed E-state index contributed by atoms with van der Waals surface area (Å²) in [4.78, 5) is 0. The molecule has 0 unspecified atom stereocenters. The Bertz CT molecular complexity index is 658. The molecule has 0 bridgehead atoms. The van der Waals surface area contributed by atoms with E-state index in [-0.39, 0.29) is 0 Å². The molecule has 0 atom stereocenters.